The molecule has 368 valence electrons. The zero-order chi connectivity index (χ0) is 45.2. The summed E-state index contributed by atoms with van der Waals surface area (Å²) in [5.74, 6) is -0.462. The Bertz CT molecular complexity index is 939. The molecule has 0 aliphatic heterocycles. The van der Waals surface area contributed by atoms with Gasteiger partial charge in [0.1, 0.15) is 6.10 Å². The van der Waals surface area contributed by atoms with E-state index in [0.29, 0.717) is 19.3 Å². The van der Waals surface area contributed by atoms with E-state index in [1.165, 1.54) is 212 Å². The van der Waals surface area contributed by atoms with Gasteiger partial charge >= 0.3 is 5.97 Å². The topological polar surface area (TPSA) is 95.9 Å². The molecule has 0 radical (unpaired) electrons. The molecule has 0 aromatic heterocycles. The zero-order valence-corrected chi connectivity index (χ0v) is 42.0. The first-order valence-electron chi connectivity index (χ1n) is 27.9. The summed E-state index contributed by atoms with van der Waals surface area (Å²) in [4.78, 5) is 26.2. The molecule has 0 heterocycles. The van der Waals surface area contributed by atoms with E-state index in [1.54, 1.807) is 0 Å². The fraction of sp³-hybridized carbons (Fsp3) is 0.929. The second-order valence-corrected chi connectivity index (χ2v) is 19.3. The summed E-state index contributed by atoms with van der Waals surface area (Å²) in [6, 6.07) is -0.696. The van der Waals surface area contributed by atoms with Crippen molar-refractivity contribution in [3.05, 3.63) is 12.2 Å². The average Bonchev–Trinajstić information content (AvgIpc) is 3.26. The molecule has 6 nitrogen and oxygen atoms in total. The van der Waals surface area contributed by atoms with Gasteiger partial charge in [0.05, 0.1) is 25.2 Å². The molecule has 6 heteroatoms. The summed E-state index contributed by atoms with van der Waals surface area (Å²) in [5.41, 5.74) is 0. The van der Waals surface area contributed by atoms with Crippen LogP contribution in [0.4, 0.5) is 0 Å². The highest BCUT2D eigenvalue weighted by atomic mass is 16.5. The van der Waals surface area contributed by atoms with Crippen molar-refractivity contribution in [3.8, 4) is 0 Å². The molecule has 62 heavy (non-hydrogen) atoms. The third-order valence-electron chi connectivity index (χ3n) is 13.1. The molecule has 0 aliphatic rings. The molecule has 0 fully saturated rings. The number of carbonyl (C=O) groups excluding carboxylic acids is 2. The Hall–Kier alpha value is -1.40. The van der Waals surface area contributed by atoms with Gasteiger partial charge < -0.3 is 20.3 Å². The Kier molecular flexibility index (Phi) is 49.5. The highest BCUT2D eigenvalue weighted by Gasteiger charge is 2.24. The first-order valence-corrected chi connectivity index (χ1v) is 27.9. The minimum atomic E-state index is -0.783. The van der Waals surface area contributed by atoms with E-state index in [9.17, 15) is 19.8 Å². The van der Waals surface area contributed by atoms with Crippen LogP contribution in [0.1, 0.15) is 310 Å². The smallest absolute Gasteiger partial charge is 0.306 e. The SMILES string of the molecule is CCCCCCCCC/C=C/CCCCCCCC(=O)OC(CCCCCCCCCCCCCCCCC)CC(=O)NC(CO)C(O)CCCCCCCCCCCCCC. The Balaban J connectivity index is 4.53. The van der Waals surface area contributed by atoms with Crippen molar-refractivity contribution in [2.45, 2.75) is 328 Å². The van der Waals surface area contributed by atoms with Crippen LogP contribution in [0.15, 0.2) is 12.2 Å². The van der Waals surface area contributed by atoms with Crippen LogP contribution in [-0.4, -0.2) is 46.9 Å². The summed E-state index contributed by atoms with van der Waals surface area (Å²) in [6.07, 6.45) is 57.0. The van der Waals surface area contributed by atoms with E-state index < -0.39 is 18.2 Å². The molecule has 0 aromatic rings. The quantitative estimate of drug-likeness (QED) is 0.0321. The second kappa shape index (κ2) is 50.6. The number of allylic oxidation sites excluding steroid dienone is 2. The van der Waals surface area contributed by atoms with Crippen LogP contribution in [0, 0.1) is 0 Å². The van der Waals surface area contributed by atoms with Crippen molar-refractivity contribution < 1.29 is 24.5 Å². The van der Waals surface area contributed by atoms with Crippen LogP contribution in [0.5, 0.6) is 0 Å². The van der Waals surface area contributed by atoms with Gasteiger partial charge in [0.15, 0.2) is 0 Å². The molecular formula is C56H109NO5. The third-order valence-corrected chi connectivity index (χ3v) is 13.1. The number of esters is 1. The number of amides is 1. The van der Waals surface area contributed by atoms with Crippen LogP contribution in [0.3, 0.4) is 0 Å². The van der Waals surface area contributed by atoms with E-state index in [0.717, 1.165) is 51.4 Å². The minimum Gasteiger partial charge on any atom is -0.462 e. The van der Waals surface area contributed by atoms with Gasteiger partial charge in [-0.05, 0) is 51.4 Å². The van der Waals surface area contributed by atoms with Gasteiger partial charge in [0.25, 0.3) is 0 Å². The van der Waals surface area contributed by atoms with Gasteiger partial charge in [-0.25, -0.2) is 0 Å². The number of rotatable bonds is 51. The monoisotopic (exact) mass is 876 g/mol. The predicted octanol–water partition coefficient (Wildman–Crippen LogP) is 16.9. The summed E-state index contributed by atoms with van der Waals surface area (Å²) < 4.78 is 5.96. The largest absolute Gasteiger partial charge is 0.462 e. The normalized spacial score (nSPS) is 13.2. The predicted molar refractivity (Wildman–Crippen MR) is 269 cm³/mol. The zero-order valence-electron chi connectivity index (χ0n) is 42.0. The molecule has 0 spiro atoms. The molecule has 3 unspecified atom stereocenters. The molecule has 0 bridgehead atoms. The summed E-state index contributed by atoms with van der Waals surface area (Å²) >= 11 is 0. The Labute approximate surface area is 387 Å². The lowest BCUT2D eigenvalue weighted by Crippen LogP contribution is -2.46. The fourth-order valence-electron chi connectivity index (χ4n) is 8.84. The maximum Gasteiger partial charge on any atom is 0.306 e. The second-order valence-electron chi connectivity index (χ2n) is 19.3. The van der Waals surface area contributed by atoms with Gasteiger partial charge in [-0.15, -0.1) is 0 Å². The Morgan fingerprint density at radius 1 is 0.452 bits per heavy atom. The van der Waals surface area contributed by atoms with Crippen LogP contribution in [0.25, 0.3) is 0 Å². The molecule has 0 saturated carbocycles. The Morgan fingerprint density at radius 3 is 1.15 bits per heavy atom. The molecule has 0 saturated heterocycles. The van der Waals surface area contributed by atoms with E-state index >= 15 is 0 Å². The number of aliphatic hydroxyl groups excluding tert-OH is 2. The third kappa shape index (κ3) is 45.2. The first kappa shape index (κ1) is 60.6. The van der Waals surface area contributed by atoms with Gasteiger partial charge in [-0.1, -0.05) is 258 Å². The van der Waals surface area contributed by atoms with Crippen molar-refractivity contribution in [2.24, 2.45) is 0 Å². The Morgan fingerprint density at radius 2 is 0.774 bits per heavy atom. The van der Waals surface area contributed by atoms with E-state index in [4.69, 9.17) is 4.74 Å². The van der Waals surface area contributed by atoms with E-state index in [1.807, 2.05) is 0 Å². The molecule has 3 atom stereocenters. The number of hydrogen-bond donors (Lipinski definition) is 3. The minimum absolute atomic E-state index is 0.0820. The number of nitrogens with one attached hydrogen (secondary N) is 1. The lowest BCUT2D eigenvalue weighted by Gasteiger charge is -2.24. The molecule has 0 aromatic carbocycles. The van der Waals surface area contributed by atoms with Gasteiger partial charge in [-0.2, -0.15) is 0 Å². The first-order chi connectivity index (χ1) is 30.5. The molecule has 0 rings (SSSR count). The number of carbonyl (C=O) groups is 2. The van der Waals surface area contributed by atoms with Crippen LogP contribution < -0.4 is 5.32 Å². The van der Waals surface area contributed by atoms with Crippen molar-refractivity contribution in [3.63, 3.8) is 0 Å². The van der Waals surface area contributed by atoms with E-state index in [-0.39, 0.29) is 24.9 Å². The molecular weight excluding hydrogens is 767 g/mol. The van der Waals surface area contributed by atoms with Crippen molar-refractivity contribution in [1.29, 1.82) is 0 Å². The number of unbranched alkanes of at least 4 members (excludes halogenated alkanes) is 37. The number of hydrogen-bond acceptors (Lipinski definition) is 5. The van der Waals surface area contributed by atoms with Crippen LogP contribution in [0.2, 0.25) is 0 Å². The standard InChI is InChI=1S/C56H109NO5/c1-4-7-10-13-16-19-22-25-27-29-31-34-37-40-43-46-49-56(61)62-52(47-44-41-38-35-32-30-28-26-23-20-17-14-11-8-5-2)50-55(60)57-53(51-58)54(59)48-45-42-39-36-33-24-21-18-15-12-9-6-3/h27,29,52-54,58-59H,4-26,28,30-51H2,1-3H3,(H,57,60)/b29-27+. The molecule has 1 amide bonds. The van der Waals surface area contributed by atoms with Gasteiger partial charge in [0, 0.05) is 6.42 Å². The molecule has 0 aliphatic carbocycles. The van der Waals surface area contributed by atoms with Crippen LogP contribution in [-0.2, 0) is 14.3 Å². The van der Waals surface area contributed by atoms with Gasteiger partial charge in [-0.3, -0.25) is 9.59 Å². The lowest BCUT2D eigenvalue weighted by atomic mass is 10.0. The lowest BCUT2D eigenvalue weighted by molar-refractivity contribution is -0.151. The van der Waals surface area contributed by atoms with Crippen molar-refractivity contribution in [1.82, 2.24) is 5.32 Å². The summed E-state index contributed by atoms with van der Waals surface area (Å²) in [6.45, 7) is 6.51. The van der Waals surface area contributed by atoms with E-state index in [2.05, 4.69) is 38.2 Å². The van der Waals surface area contributed by atoms with Crippen molar-refractivity contribution in [2.75, 3.05) is 6.61 Å². The molecule has 3 N–H and O–H groups in total. The van der Waals surface area contributed by atoms with Crippen molar-refractivity contribution >= 4 is 11.9 Å². The van der Waals surface area contributed by atoms with Crippen LogP contribution >= 0.6 is 0 Å². The number of ether oxygens (including phenoxy) is 1. The summed E-state index contributed by atoms with van der Waals surface area (Å²) in [7, 11) is 0. The summed E-state index contributed by atoms with van der Waals surface area (Å²) in [5, 5.41) is 23.8. The maximum atomic E-state index is 13.2. The maximum absolute atomic E-state index is 13.2. The average molecular weight is 876 g/mol. The highest BCUT2D eigenvalue weighted by molar-refractivity contribution is 5.77. The fourth-order valence-corrected chi connectivity index (χ4v) is 8.84. The number of aliphatic hydroxyl groups is 2. The van der Waals surface area contributed by atoms with Gasteiger partial charge in [0.2, 0.25) is 5.91 Å². The highest BCUT2D eigenvalue weighted by Crippen LogP contribution is 2.19.